The molecule has 0 heterocycles. The summed E-state index contributed by atoms with van der Waals surface area (Å²) in [6.07, 6.45) is 0.127. The second-order valence-corrected chi connectivity index (χ2v) is 5.35. The molecule has 0 fully saturated rings. The Morgan fingerprint density at radius 3 is 2.50 bits per heavy atom. The van der Waals surface area contributed by atoms with Gasteiger partial charge in [0, 0.05) is 6.07 Å². The van der Waals surface area contributed by atoms with E-state index < -0.39 is 30.1 Å². The van der Waals surface area contributed by atoms with Crippen LogP contribution in [0.2, 0.25) is 0 Å². The molecule has 24 heavy (non-hydrogen) atoms. The largest absolute Gasteiger partial charge is 0.456 e. The van der Waals surface area contributed by atoms with Crippen molar-refractivity contribution in [2.24, 2.45) is 0 Å². The fourth-order valence-corrected chi connectivity index (χ4v) is 2.13. The van der Waals surface area contributed by atoms with Crippen LogP contribution in [-0.4, -0.2) is 18.5 Å². The van der Waals surface area contributed by atoms with Gasteiger partial charge < -0.3 is 10.1 Å². The molecule has 0 radical (unpaired) electrons. The van der Waals surface area contributed by atoms with Crippen molar-refractivity contribution in [2.45, 2.75) is 19.3 Å². The fourth-order valence-electron chi connectivity index (χ4n) is 2.13. The molecule has 1 amide bonds. The maximum Gasteiger partial charge on any atom is 0.306 e. The van der Waals surface area contributed by atoms with E-state index in [-0.39, 0.29) is 18.0 Å². The predicted octanol–water partition coefficient (Wildman–Crippen LogP) is 3.64. The highest BCUT2D eigenvalue weighted by atomic mass is 19.1. The van der Waals surface area contributed by atoms with Crippen LogP contribution in [0, 0.1) is 11.6 Å². The van der Waals surface area contributed by atoms with Gasteiger partial charge in [-0.3, -0.25) is 9.59 Å². The topological polar surface area (TPSA) is 55.4 Å². The molecule has 0 aliphatic heterocycles. The lowest BCUT2D eigenvalue weighted by Crippen LogP contribution is -2.22. The molecular formula is C18H17F2NO3. The van der Waals surface area contributed by atoms with E-state index in [2.05, 4.69) is 5.32 Å². The first kappa shape index (κ1) is 17.6. The molecule has 0 aliphatic rings. The molecule has 0 spiro atoms. The van der Waals surface area contributed by atoms with Gasteiger partial charge in [-0.2, -0.15) is 0 Å². The van der Waals surface area contributed by atoms with Crippen molar-refractivity contribution in [3.8, 4) is 0 Å². The molecular weight excluding hydrogens is 316 g/mol. The molecule has 0 unspecified atom stereocenters. The van der Waals surface area contributed by atoms with Crippen LogP contribution in [0.25, 0.3) is 0 Å². The molecule has 0 saturated heterocycles. The van der Waals surface area contributed by atoms with Crippen LogP contribution in [0.15, 0.2) is 48.5 Å². The standard InChI is InChI=1S/C18H17F2NO3/c1-12(13-5-3-2-4-6-13)9-18(23)24-11-17(22)21-16-8-7-14(19)10-15(16)20/h2-8,10,12H,9,11H2,1H3,(H,21,22)/t12-/m0/s1. The van der Waals surface area contributed by atoms with Crippen molar-refractivity contribution in [3.63, 3.8) is 0 Å². The zero-order chi connectivity index (χ0) is 17.5. The Balaban J connectivity index is 1.80. The first-order valence-corrected chi connectivity index (χ1v) is 7.41. The van der Waals surface area contributed by atoms with Crippen molar-refractivity contribution in [3.05, 3.63) is 65.7 Å². The maximum atomic E-state index is 13.4. The Morgan fingerprint density at radius 1 is 1.12 bits per heavy atom. The van der Waals surface area contributed by atoms with Gasteiger partial charge >= 0.3 is 5.97 Å². The molecule has 2 aromatic carbocycles. The number of carbonyl (C=O) groups is 2. The summed E-state index contributed by atoms with van der Waals surface area (Å²) in [5.74, 6) is -2.90. The molecule has 0 saturated carbocycles. The van der Waals surface area contributed by atoms with E-state index in [1.165, 1.54) is 0 Å². The number of halogens is 2. The Morgan fingerprint density at radius 2 is 1.83 bits per heavy atom. The van der Waals surface area contributed by atoms with Crippen LogP contribution < -0.4 is 5.32 Å². The van der Waals surface area contributed by atoms with Crippen LogP contribution in [0.4, 0.5) is 14.5 Å². The summed E-state index contributed by atoms with van der Waals surface area (Å²) in [5, 5.41) is 2.22. The summed E-state index contributed by atoms with van der Waals surface area (Å²) in [7, 11) is 0. The molecule has 0 bridgehead atoms. The monoisotopic (exact) mass is 333 g/mol. The van der Waals surface area contributed by atoms with Crippen LogP contribution in [-0.2, 0) is 14.3 Å². The van der Waals surface area contributed by atoms with Crippen molar-refractivity contribution in [1.29, 1.82) is 0 Å². The lowest BCUT2D eigenvalue weighted by molar-refractivity contribution is -0.147. The number of benzene rings is 2. The second kappa shape index (κ2) is 8.19. The SMILES string of the molecule is C[C@@H](CC(=O)OCC(=O)Nc1ccc(F)cc1F)c1ccccc1. The Kier molecular flexibility index (Phi) is 6.01. The zero-order valence-electron chi connectivity index (χ0n) is 13.1. The van der Waals surface area contributed by atoms with Crippen molar-refractivity contribution < 1.29 is 23.1 Å². The number of carbonyl (C=O) groups excluding carboxylic acids is 2. The van der Waals surface area contributed by atoms with E-state index in [9.17, 15) is 18.4 Å². The van der Waals surface area contributed by atoms with Gasteiger partial charge in [0.1, 0.15) is 11.6 Å². The molecule has 2 rings (SSSR count). The smallest absolute Gasteiger partial charge is 0.306 e. The van der Waals surface area contributed by atoms with Gasteiger partial charge in [0.05, 0.1) is 12.1 Å². The van der Waals surface area contributed by atoms with Gasteiger partial charge in [0.2, 0.25) is 0 Å². The molecule has 0 aliphatic carbocycles. The molecule has 126 valence electrons. The van der Waals surface area contributed by atoms with E-state index in [1.54, 1.807) is 0 Å². The number of anilines is 1. The maximum absolute atomic E-state index is 13.4. The van der Waals surface area contributed by atoms with Gasteiger partial charge in [-0.1, -0.05) is 37.3 Å². The van der Waals surface area contributed by atoms with E-state index >= 15 is 0 Å². The van der Waals surface area contributed by atoms with Gasteiger partial charge in [0.25, 0.3) is 5.91 Å². The summed E-state index contributed by atoms with van der Waals surface area (Å²) in [6.45, 7) is 1.35. The van der Waals surface area contributed by atoms with E-state index in [0.717, 1.165) is 17.7 Å². The summed E-state index contributed by atoms with van der Waals surface area (Å²) in [6, 6.07) is 12.2. The zero-order valence-corrected chi connectivity index (χ0v) is 13.1. The summed E-state index contributed by atoms with van der Waals surface area (Å²) in [5.41, 5.74) is 0.822. The fraction of sp³-hybridized carbons (Fsp3) is 0.222. The summed E-state index contributed by atoms with van der Waals surface area (Å²) < 4.78 is 31.1. The Bertz CT molecular complexity index is 719. The minimum Gasteiger partial charge on any atom is -0.456 e. The highest BCUT2D eigenvalue weighted by molar-refractivity contribution is 5.92. The normalized spacial score (nSPS) is 11.6. The first-order valence-electron chi connectivity index (χ1n) is 7.41. The lowest BCUT2D eigenvalue weighted by atomic mass is 9.98. The third kappa shape index (κ3) is 5.15. The summed E-state index contributed by atoms with van der Waals surface area (Å²) >= 11 is 0. The van der Waals surface area contributed by atoms with Crippen LogP contribution in [0.5, 0.6) is 0 Å². The van der Waals surface area contributed by atoms with E-state index in [0.29, 0.717) is 6.07 Å². The molecule has 6 heteroatoms. The molecule has 4 nitrogen and oxygen atoms in total. The lowest BCUT2D eigenvalue weighted by Gasteiger charge is -2.11. The second-order valence-electron chi connectivity index (χ2n) is 5.35. The predicted molar refractivity (Wildman–Crippen MR) is 85.4 cm³/mol. The number of amides is 1. The van der Waals surface area contributed by atoms with Crippen molar-refractivity contribution in [2.75, 3.05) is 11.9 Å². The average molecular weight is 333 g/mol. The summed E-state index contributed by atoms with van der Waals surface area (Å²) in [4.78, 5) is 23.4. The number of hydrogen-bond acceptors (Lipinski definition) is 3. The highest BCUT2D eigenvalue weighted by Gasteiger charge is 2.14. The average Bonchev–Trinajstić information content (AvgIpc) is 2.56. The van der Waals surface area contributed by atoms with Gasteiger partial charge in [0.15, 0.2) is 6.61 Å². The molecule has 0 aromatic heterocycles. The van der Waals surface area contributed by atoms with Crippen molar-refractivity contribution in [1.82, 2.24) is 0 Å². The number of nitrogens with one attached hydrogen (secondary N) is 1. The Labute approximate surface area is 138 Å². The third-order valence-electron chi connectivity index (χ3n) is 3.41. The molecule has 1 atom stereocenters. The highest BCUT2D eigenvalue weighted by Crippen LogP contribution is 2.19. The van der Waals surface area contributed by atoms with Crippen LogP contribution in [0.3, 0.4) is 0 Å². The number of esters is 1. The quantitative estimate of drug-likeness (QED) is 0.821. The molecule has 1 N–H and O–H groups in total. The molecule has 2 aromatic rings. The van der Waals surface area contributed by atoms with E-state index in [4.69, 9.17) is 4.74 Å². The number of hydrogen-bond donors (Lipinski definition) is 1. The van der Waals surface area contributed by atoms with Crippen LogP contribution >= 0.6 is 0 Å². The van der Waals surface area contributed by atoms with Gasteiger partial charge in [-0.15, -0.1) is 0 Å². The van der Waals surface area contributed by atoms with E-state index in [1.807, 2.05) is 37.3 Å². The first-order chi connectivity index (χ1) is 11.5. The number of ether oxygens (including phenoxy) is 1. The Hall–Kier alpha value is -2.76. The van der Waals surface area contributed by atoms with Gasteiger partial charge in [-0.25, -0.2) is 8.78 Å². The number of rotatable bonds is 6. The minimum atomic E-state index is -0.896. The van der Waals surface area contributed by atoms with Crippen molar-refractivity contribution >= 4 is 17.6 Å². The van der Waals surface area contributed by atoms with Crippen LogP contribution in [0.1, 0.15) is 24.8 Å². The van der Waals surface area contributed by atoms with Gasteiger partial charge in [-0.05, 0) is 23.6 Å². The third-order valence-corrected chi connectivity index (χ3v) is 3.41. The minimum absolute atomic E-state index is 0.0451.